The molecule has 2 aromatic rings. The number of hydrogen-bond acceptors (Lipinski definition) is 4. The van der Waals surface area contributed by atoms with Gasteiger partial charge in [0.1, 0.15) is 5.82 Å². The molecule has 0 saturated carbocycles. The Balaban J connectivity index is 2.15. The topological polar surface area (TPSA) is 63.0 Å². The molecule has 0 spiro atoms. The highest BCUT2D eigenvalue weighted by Gasteiger charge is 2.12. The number of anilines is 3. The van der Waals surface area contributed by atoms with E-state index in [4.69, 9.17) is 5.84 Å². The van der Waals surface area contributed by atoms with Gasteiger partial charge in [-0.2, -0.15) is 0 Å². The van der Waals surface area contributed by atoms with Crippen LogP contribution in [0.3, 0.4) is 0 Å². The number of nitrogens with one attached hydrogen (secondary N) is 2. The van der Waals surface area contributed by atoms with Crippen molar-refractivity contribution in [2.75, 3.05) is 10.7 Å². The van der Waals surface area contributed by atoms with E-state index in [9.17, 15) is 0 Å². The Morgan fingerprint density at radius 2 is 1.68 bits per heavy atom. The zero-order valence-electron chi connectivity index (χ0n) is 11.6. The van der Waals surface area contributed by atoms with Gasteiger partial charge < -0.3 is 10.7 Å². The van der Waals surface area contributed by atoms with E-state index in [0.29, 0.717) is 5.82 Å². The first-order valence-corrected chi connectivity index (χ1v) is 6.29. The summed E-state index contributed by atoms with van der Waals surface area (Å²) in [5.41, 5.74) is 6.01. The highest BCUT2D eigenvalue weighted by Crippen LogP contribution is 2.25. The van der Waals surface area contributed by atoms with E-state index in [1.54, 1.807) is 6.20 Å². The second-order valence-corrected chi connectivity index (χ2v) is 5.53. The van der Waals surface area contributed by atoms with Crippen LogP contribution < -0.4 is 16.6 Å². The average Bonchev–Trinajstić information content (AvgIpc) is 2.38. The van der Waals surface area contributed by atoms with Gasteiger partial charge in [0.2, 0.25) is 0 Å². The van der Waals surface area contributed by atoms with Crippen LogP contribution in [0.25, 0.3) is 0 Å². The summed E-state index contributed by atoms with van der Waals surface area (Å²) < 4.78 is 0. The highest BCUT2D eigenvalue weighted by molar-refractivity contribution is 5.62. The number of hydrogen-bond donors (Lipinski definition) is 3. The van der Waals surface area contributed by atoms with Crippen molar-refractivity contribution >= 4 is 17.2 Å². The largest absolute Gasteiger partial charge is 0.355 e. The van der Waals surface area contributed by atoms with Crippen LogP contribution >= 0.6 is 0 Å². The molecule has 2 rings (SSSR count). The molecule has 4 N–H and O–H groups in total. The van der Waals surface area contributed by atoms with Crippen LogP contribution in [0.4, 0.5) is 17.2 Å². The van der Waals surface area contributed by atoms with E-state index in [1.165, 1.54) is 5.56 Å². The van der Waals surface area contributed by atoms with Gasteiger partial charge in [-0.3, -0.25) is 0 Å². The lowest BCUT2D eigenvalue weighted by Gasteiger charge is -2.19. The fourth-order valence-corrected chi connectivity index (χ4v) is 1.81. The number of hydrazine groups is 1. The summed E-state index contributed by atoms with van der Waals surface area (Å²) in [6.45, 7) is 6.62. The Morgan fingerprint density at radius 1 is 1.00 bits per heavy atom. The molecule has 1 aromatic heterocycles. The summed E-state index contributed by atoms with van der Waals surface area (Å²) in [5, 5.41) is 3.32. The lowest BCUT2D eigenvalue weighted by atomic mass is 9.87. The summed E-state index contributed by atoms with van der Waals surface area (Å²) >= 11 is 0. The fourth-order valence-electron chi connectivity index (χ4n) is 1.81. The third-order valence-corrected chi connectivity index (χ3v) is 2.95. The summed E-state index contributed by atoms with van der Waals surface area (Å²) in [7, 11) is 0. The van der Waals surface area contributed by atoms with Crippen LogP contribution in [-0.4, -0.2) is 4.98 Å². The molecule has 0 aliphatic rings. The van der Waals surface area contributed by atoms with Crippen molar-refractivity contribution in [3.63, 3.8) is 0 Å². The first-order chi connectivity index (χ1) is 8.99. The fraction of sp³-hybridized carbons (Fsp3) is 0.267. The van der Waals surface area contributed by atoms with Crippen molar-refractivity contribution in [3.05, 3.63) is 48.2 Å². The standard InChI is InChI=1S/C15H20N4/c1-15(2,3)11-4-6-12(7-5-11)18-13-8-9-17-14(10-13)19-16/h4-10H,16H2,1-3H3,(H2,17,18,19). The molecular weight excluding hydrogens is 236 g/mol. The quantitative estimate of drug-likeness (QED) is 0.581. The molecule has 0 radical (unpaired) electrons. The molecule has 1 aromatic carbocycles. The van der Waals surface area contributed by atoms with E-state index < -0.39 is 0 Å². The maximum Gasteiger partial charge on any atom is 0.141 e. The summed E-state index contributed by atoms with van der Waals surface area (Å²) in [5.74, 6) is 5.98. The first kappa shape index (κ1) is 13.4. The minimum Gasteiger partial charge on any atom is -0.355 e. The molecule has 19 heavy (non-hydrogen) atoms. The monoisotopic (exact) mass is 256 g/mol. The zero-order valence-corrected chi connectivity index (χ0v) is 11.6. The summed E-state index contributed by atoms with van der Waals surface area (Å²) in [6, 6.07) is 12.2. The molecule has 4 heteroatoms. The van der Waals surface area contributed by atoms with Crippen molar-refractivity contribution in [2.45, 2.75) is 26.2 Å². The number of nitrogens with zero attached hydrogens (tertiary/aromatic N) is 1. The van der Waals surface area contributed by atoms with Gasteiger partial charge in [0, 0.05) is 23.6 Å². The molecule has 4 nitrogen and oxygen atoms in total. The summed E-state index contributed by atoms with van der Waals surface area (Å²) in [6.07, 6.45) is 1.71. The lowest BCUT2D eigenvalue weighted by Crippen LogP contribution is -2.10. The Kier molecular flexibility index (Phi) is 3.71. The van der Waals surface area contributed by atoms with Crippen LogP contribution in [-0.2, 0) is 5.41 Å². The molecule has 100 valence electrons. The van der Waals surface area contributed by atoms with E-state index in [0.717, 1.165) is 11.4 Å². The van der Waals surface area contributed by atoms with Gasteiger partial charge in [-0.25, -0.2) is 10.8 Å². The number of aromatic nitrogens is 1. The Hall–Kier alpha value is -2.07. The number of rotatable bonds is 3. The highest BCUT2D eigenvalue weighted by atomic mass is 15.2. The maximum absolute atomic E-state index is 5.34. The van der Waals surface area contributed by atoms with Crippen LogP contribution in [0, 0.1) is 0 Å². The van der Waals surface area contributed by atoms with Crippen molar-refractivity contribution in [3.8, 4) is 0 Å². The molecular formula is C15H20N4. The van der Waals surface area contributed by atoms with Crippen LogP contribution in [0.15, 0.2) is 42.6 Å². The van der Waals surface area contributed by atoms with Crippen molar-refractivity contribution in [1.29, 1.82) is 0 Å². The normalized spacial score (nSPS) is 11.2. The lowest BCUT2D eigenvalue weighted by molar-refractivity contribution is 0.590. The van der Waals surface area contributed by atoms with E-state index in [2.05, 4.69) is 60.8 Å². The zero-order chi connectivity index (χ0) is 13.9. The first-order valence-electron chi connectivity index (χ1n) is 6.29. The Bertz CT molecular complexity index is 541. The molecule has 0 atom stereocenters. The molecule has 1 heterocycles. The van der Waals surface area contributed by atoms with E-state index >= 15 is 0 Å². The smallest absolute Gasteiger partial charge is 0.141 e. The van der Waals surface area contributed by atoms with Gasteiger partial charge in [-0.05, 0) is 29.2 Å². The second kappa shape index (κ2) is 5.28. The number of pyridine rings is 1. The van der Waals surface area contributed by atoms with Gasteiger partial charge in [0.15, 0.2) is 0 Å². The van der Waals surface area contributed by atoms with Crippen LogP contribution in [0.1, 0.15) is 26.3 Å². The molecule has 0 fully saturated rings. The van der Waals surface area contributed by atoms with Crippen molar-refractivity contribution < 1.29 is 0 Å². The Labute approximate surface area is 114 Å². The second-order valence-electron chi connectivity index (χ2n) is 5.53. The van der Waals surface area contributed by atoms with Gasteiger partial charge in [0.25, 0.3) is 0 Å². The number of benzene rings is 1. The molecule has 0 amide bonds. The third kappa shape index (κ3) is 3.45. The van der Waals surface area contributed by atoms with Gasteiger partial charge in [-0.1, -0.05) is 32.9 Å². The number of nitrogens with two attached hydrogens (primary N) is 1. The van der Waals surface area contributed by atoms with E-state index in [-0.39, 0.29) is 5.41 Å². The molecule has 0 unspecified atom stereocenters. The molecule has 0 aliphatic heterocycles. The van der Waals surface area contributed by atoms with Crippen LogP contribution in [0.2, 0.25) is 0 Å². The van der Waals surface area contributed by atoms with Gasteiger partial charge in [0.05, 0.1) is 0 Å². The minimum absolute atomic E-state index is 0.172. The third-order valence-electron chi connectivity index (χ3n) is 2.95. The van der Waals surface area contributed by atoms with Gasteiger partial charge >= 0.3 is 0 Å². The SMILES string of the molecule is CC(C)(C)c1ccc(Nc2ccnc(NN)c2)cc1. The Morgan fingerprint density at radius 3 is 2.26 bits per heavy atom. The predicted octanol–water partition coefficient (Wildman–Crippen LogP) is 3.41. The molecule has 0 bridgehead atoms. The molecule has 0 saturated heterocycles. The van der Waals surface area contributed by atoms with Crippen molar-refractivity contribution in [1.82, 2.24) is 4.98 Å². The minimum atomic E-state index is 0.172. The summed E-state index contributed by atoms with van der Waals surface area (Å²) in [4.78, 5) is 4.07. The number of nitrogen functional groups attached to an aromatic ring is 1. The van der Waals surface area contributed by atoms with Crippen molar-refractivity contribution in [2.24, 2.45) is 5.84 Å². The van der Waals surface area contributed by atoms with Crippen LogP contribution in [0.5, 0.6) is 0 Å². The maximum atomic E-state index is 5.34. The van der Waals surface area contributed by atoms with Gasteiger partial charge in [-0.15, -0.1) is 0 Å². The average molecular weight is 256 g/mol. The molecule has 0 aliphatic carbocycles. The predicted molar refractivity (Wildman–Crippen MR) is 80.5 cm³/mol. The van der Waals surface area contributed by atoms with E-state index in [1.807, 2.05) is 12.1 Å².